The number of carbonyl (C=O) groups excluding carboxylic acids is 1. The van der Waals surface area contributed by atoms with E-state index in [0.29, 0.717) is 5.75 Å². The third-order valence-electron chi connectivity index (χ3n) is 3.72. The zero-order valence-electron chi connectivity index (χ0n) is 12.6. The summed E-state index contributed by atoms with van der Waals surface area (Å²) in [5.41, 5.74) is 1.32. The fraction of sp³-hybridized carbons (Fsp3) is 0.312. The molecule has 0 fully saturated rings. The lowest BCUT2D eigenvalue weighted by molar-refractivity contribution is -0.384. The molecule has 3 rings (SSSR count). The van der Waals surface area contributed by atoms with Crippen LogP contribution in [0.2, 0.25) is 0 Å². The summed E-state index contributed by atoms with van der Waals surface area (Å²) >= 11 is 1.62. The minimum atomic E-state index is -0.687. The number of aryl methyl sites for hydroxylation is 2. The summed E-state index contributed by atoms with van der Waals surface area (Å²) in [6.07, 6.45) is 2.67. The van der Waals surface area contributed by atoms with Crippen LogP contribution in [0.3, 0.4) is 0 Å². The molecule has 0 saturated carbocycles. The number of carbonyl (C=O) groups is 1. The van der Waals surface area contributed by atoms with Crippen LogP contribution in [0, 0.1) is 10.1 Å². The van der Waals surface area contributed by atoms with Crippen molar-refractivity contribution in [1.29, 1.82) is 0 Å². The van der Waals surface area contributed by atoms with Crippen LogP contribution in [0.5, 0.6) is 5.75 Å². The first-order chi connectivity index (χ1) is 11.0. The van der Waals surface area contributed by atoms with Gasteiger partial charge in [0.1, 0.15) is 5.75 Å². The maximum atomic E-state index is 12.2. The normalized spacial score (nSPS) is 14.1. The number of nitro benzene ring substituents is 1. The molecule has 7 heteroatoms. The summed E-state index contributed by atoms with van der Waals surface area (Å²) < 4.78 is 5.53. The van der Waals surface area contributed by atoms with Gasteiger partial charge in [-0.05, 0) is 49.9 Å². The van der Waals surface area contributed by atoms with Crippen LogP contribution in [0.1, 0.15) is 23.8 Å². The molecule has 1 aliphatic carbocycles. The second-order valence-corrected chi connectivity index (χ2v) is 6.55. The van der Waals surface area contributed by atoms with Gasteiger partial charge in [0.05, 0.1) is 9.92 Å². The van der Waals surface area contributed by atoms with Crippen LogP contribution in [-0.2, 0) is 17.6 Å². The van der Waals surface area contributed by atoms with E-state index in [0.717, 1.165) is 17.8 Å². The van der Waals surface area contributed by atoms with E-state index in [-0.39, 0.29) is 11.6 Å². The van der Waals surface area contributed by atoms with Crippen molar-refractivity contribution in [2.75, 3.05) is 5.32 Å². The molecule has 1 aliphatic rings. The van der Waals surface area contributed by atoms with E-state index in [1.807, 2.05) is 6.07 Å². The largest absolute Gasteiger partial charge is 0.481 e. The molecule has 0 spiro atoms. The van der Waals surface area contributed by atoms with Gasteiger partial charge in [-0.25, -0.2) is 0 Å². The van der Waals surface area contributed by atoms with Crippen LogP contribution >= 0.6 is 11.3 Å². The summed E-state index contributed by atoms with van der Waals surface area (Å²) in [5.74, 6) is 0.190. The van der Waals surface area contributed by atoms with Crippen LogP contribution < -0.4 is 10.1 Å². The number of nitrogens with zero attached hydrogens (tertiary/aromatic N) is 1. The Balaban J connectivity index is 1.59. The molecule has 6 nitrogen and oxygen atoms in total. The van der Waals surface area contributed by atoms with Gasteiger partial charge in [-0.15, -0.1) is 11.3 Å². The number of rotatable bonds is 5. The zero-order chi connectivity index (χ0) is 16.4. The minimum Gasteiger partial charge on any atom is -0.481 e. The van der Waals surface area contributed by atoms with E-state index in [4.69, 9.17) is 4.74 Å². The average molecular weight is 332 g/mol. The number of benzene rings is 1. The molecule has 0 saturated heterocycles. The predicted octanol–water partition coefficient (Wildman–Crippen LogP) is 3.55. The molecule has 0 aliphatic heterocycles. The summed E-state index contributed by atoms with van der Waals surface area (Å²) in [4.78, 5) is 23.7. The van der Waals surface area contributed by atoms with E-state index >= 15 is 0 Å². The first-order valence-electron chi connectivity index (χ1n) is 7.36. The predicted molar refractivity (Wildman–Crippen MR) is 88.2 cm³/mol. The molecule has 1 atom stereocenters. The van der Waals surface area contributed by atoms with E-state index in [9.17, 15) is 14.9 Å². The van der Waals surface area contributed by atoms with Crippen molar-refractivity contribution < 1.29 is 14.5 Å². The topological polar surface area (TPSA) is 81.5 Å². The molecule has 0 bridgehead atoms. The highest BCUT2D eigenvalue weighted by Crippen LogP contribution is 2.33. The molecule has 23 heavy (non-hydrogen) atoms. The quantitative estimate of drug-likeness (QED) is 0.670. The molecular weight excluding hydrogens is 316 g/mol. The number of thiophene rings is 1. The number of amides is 1. The van der Waals surface area contributed by atoms with Crippen LogP contribution in [0.4, 0.5) is 10.7 Å². The number of nitrogens with one attached hydrogen (secondary N) is 1. The molecule has 120 valence electrons. The van der Waals surface area contributed by atoms with Crippen molar-refractivity contribution in [2.24, 2.45) is 0 Å². The number of anilines is 1. The second-order valence-electron chi connectivity index (χ2n) is 5.41. The van der Waals surface area contributed by atoms with Gasteiger partial charge in [0.25, 0.3) is 11.6 Å². The third-order valence-corrected chi connectivity index (χ3v) is 4.88. The number of fused-ring (bicyclic) bond motifs is 1. The van der Waals surface area contributed by atoms with Gasteiger partial charge in [-0.3, -0.25) is 14.9 Å². The van der Waals surface area contributed by atoms with Crippen molar-refractivity contribution in [3.05, 3.63) is 50.9 Å². The smallest absolute Gasteiger partial charge is 0.269 e. The molecule has 1 aromatic carbocycles. The molecule has 1 unspecified atom stereocenters. The molecule has 1 amide bonds. The SMILES string of the molecule is CC(Oc1ccc([N+](=O)[O-])cc1)C(=O)Nc1cc2c(s1)CCC2. The lowest BCUT2D eigenvalue weighted by atomic mass is 10.3. The molecule has 1 aromatic heterocycles. The van der Waals surface area contributed by atoms with Gasteiger partial charge < -0.3 is 10.1 Å². The lowest BCUT2D eigenvalue weighted by Gasteiger charge is -2.13. The maximum absolute atomic E-state index is 12.2. The standard InChI is InChI=1S/C16H16N2O4S/c1-10(22-13-7-5-12(6-8-13)18(20)21)16(19)17-15-9-11-3-2-4-14(11)23-15/h5-10H,2-4H2,1H3,(H,17,19). The van der Waals surface area contributed by atoms with Gasteiger partial charge in [0.15, 0.2) is 6.10 Å². The van der Waals surface area contributed by atoms with Crippen molar-refractivity contribution in [1.82, 2.24) is 0 Å². The fourth-order valence-electron chi connectivity index (χ4n) is 2.52. The Kier molecular flexibility index (Phi) is 4.29. The number of hydrogen-bond donors (Lipinski definition) is 1. The van der Waals surface area contributed by atoms with Crippen molar-refractivity contribution in [2.45, 2.75) is 32.3 Å². The summed E-state index contributed by atoms with van der Waals surface area (Å²) in [7, 11) is 0. The Labute approximate surface area is 137 Å². The van der Waals surface area contributed by atoms with Crippen molar-refractivity contribution >= 4 is 27.9 Å². The highest BCUT2D eigenvalue weighted by atomic mass is 32.1. The van der Waals surface area contributed by atoms with Gasteiger partial charge in [0.2, 0.25) is 0 Å². The van der Waals surface area contributed by atoms with Crippen LogP contribution in [0.25, 0.3) is 0 Å². The Morgan fingerprint density at radius 2 is 2.09 bits per heavy atom. The number of nitro groups is 1. The Morgan fingerprint density at radius 3 is 2.74 bits per heavy atom. The number of ether oxygens (including phenoxy) is 1. The van der Waals surface area contributed by atoms with Gasteiger partial charge in [-0.2, -0.15) is 0 Å². The first-order valence-corrected chi connectivity index (χ1v) is 8.18. The molecule has 1 heterocycles. The highest BCUT2D eigenvalue weighted by Gasteiger charge is 2.19. The van der Waals surface area contributed by atoms with Gasteiger partial charge in [0, 0.05) is 17.0 Å². The van der Waals surface area contributed by atoms with Gasteiger partial charge >= 0.3 is 0 Å². The molecular formula is C16H16N2O4S. The second kappa shape index (κ2) is 6.37. The van der Waals surface area contributed by atoms with Crippen LogP contribution in [-0.4, -0.2) is 16.9 Å². The van der Waals surface area contributed by atoms with Crippen molar-refractivity contribution in [3.8, 4) is 5.75 Å². The number of hydrogen-bond acceptors (Lipinski definition) is 5. The first kappa shape index (κ1) is 15.5. The summed E-state index contributed by atoms with van der Waals surface area (Å²) in [6.45, 7) is 1.65. The molecule has 2 aromatic rings. The monoisotopic (exact) mass is 332 g/mol. The maximum Gasteiger partial charge on any atom is 0.269 e. The van der Waals surface area contributed by atoms with Gasteiger partial charge in [-0.1, -0.05) is 0 Å². The van der Waals surface area contributed by atoms with E-state index in [1.54, 1.807) is 18.3 Å². The highest BCUT2D eigenvalue weighted by molar-refractivity contribution is 7.16. The average Bonchev–Trinajstić information content (AvgIpc) is 3.08. The molecule has 1 N–H and O–H groups in total. The molecule has 0 radical (unpaired) electrons. The van der Waals surface area contributed by atoms with E-state index < -0.39 is 11.0 Å². The fourth-order valence-corrected chi connectivity index (χ4v) is 3.67. The Bertz CT molecular complexity index is 718. The van der Waals surface area contributed by atoms with Crippen LogP contribution in [0.15, 0.2) is 30.3 Å². The Morgan fingerprint density at radius 1 is 1.35 bits per heavy atom. The lowest BCUT2D eigenvalue weighted by Crippen LogP contribution is -2.29. The third kappa shape index (κ3) is 3.50. The van der Waals surface area contributed by atoms with E-state index in [2.05, 4.69) is 5.32 Å². The summed E-state index contributed by atoms with van der Waals surface area (Å²) in [6, 6.07) is 7.71. The summed E-state index contributed by atoms with van der Waals surface area (Å²) in [5, 5.41) is 14.3. The zero-order valence-corrected chi connectivity index (χ0v) is 13.4. The number of non-ortho nitro benzene ring substituents is 1. The minimum absolute atomic E-state index is 0.0115. The van der Waals surface area contributed by atoms with E-state index in [1.165, 1.54) is 41.1 Å². The van der Waals surface area contributed by atoms with Crippen molar-refractivity contribution in [3.63, 3.8) is 0 Å². The Hall–Kier alpha value is -2.41.